The zero-order chi connectivity index (χ0) is 26.3. The first-order valence-corrected chi connectivity index (χ1v) is 12.7. The van der Waals surface area contributed by atoms with E-state index in [9.17, 15) is 10.2 Å². The maximum absolute atomic E-state index is 11.4. The lowest BCUT2D eigenvalue weighted by molar-refractivity contribution is 0.218. The molecule has 0 aliphatic heterocycles. The van der Waals surface area contributed by atoms with E-state index in [4.69, 9.17) is 0 Å². The minimum Gasteiger partial charge on any atom is -0.384 e. The third kappa shape index (κ3) is 4.89. The zero-order valence-corrected chi connectivity index (χ0v) is 22.8. The third-order valence-corrected chi connectivity index (χ3v) is 7.77. The van der Waals surface area contributed by atoms with Gasteiger partial charge in [0.05, 0.1) is 0 Å². The maximum Gasteiger partial charge on any atom is 0.105 e. The van der Waals surface area contributed by atoms with E-state index in [1.54, 1.807) is 0 Å². The van der Waals surface area contributed by atoms with Crippen LogP contribution in [0.3, 0.4) is 0 Å². The predicted octanol–water partition coefficient (Wildman–Crippen LogP) is 7.98. The van der Waals surface area contributed by atoms with Crippen molar-refractivity contribution >= 4 is 0 Å². The Morgan fingerprint density at radius 3 is 1.78 bits per heavy atom. The van der Waals surface area contributed by atoms with Crippen molar-refractivity contribution in [3.8, 4) is 11.1 Å². The van der Waals surface area contributed by atoms with Crippen LogP contribution in [0.2, 0.25) is 0 Å². The molecule has 0 aliphatic carbocycles. The van der Waals surface area contributed by atoms with Gasteiger partial charge in [-0.05, 0) is 140 Å². The molecule has 0 fully saturated rings. The first kappa shape index (κ1) is 25.9. The fraction of sp³-hybridized carbons (Fsp3) is 0.294. The number of rotatable bonds is 5. The van der Waals surface area contributed by atoms with Gasteiger partial charge in [0, 0.05) is 0 Å². The molecule has 4 aromatic rings. The molecule has 0 amide bonds. The minimum atomic E-state index is -0.701. The summed E-state index contributed by atoms with van der Waals surface area (Å²) in [6.45, 7) is 16.7. The summed E-state index contributed by atoms with van der Waals surface area (Å²) < 4.78 is 0. The van der Waals surface area contributed by atoms with Crippen molar-refractivity contribution in [3.05, 3.63) is 127 Å². The second-order valence-electron chi connectivity index (χ2n) is 10.5. The van der Waals surface area contributed by atoms with Crippen LogP contribution in [0.4, 0.5) is 0 Å². The van der Waals surface area contributed by atoms with Crippen molar-refractivity contribution in [3.63, 3.8) is 0 Å². The molecule has 0 saturated heterocycles. The number of hydrogen-bond acceptors (Lipinski definition) is 2. The average Bonchev–Trinajstić information content (AvgIpc) is 2.82. The van der Waals surface area contributed by atoms with Crippen molar-refractivity contribution in [2.45, 2.75) is 67.6 Å². The van der Waals surface area contributed by atoms with Gasteiger partial charge in [-0.2, -0.15) is 0 Å². The van der Waals surface area contributed by atoms with Gasteiger partial charge in [0.2, 0.25) is 0 Å². The summed E-state index contributed by atoms with van der Waals surface area (Å²) in [7, 11) is 0. The largest absolute Gasteiger partial charge is 0.384 e. The molecule has 0 aliphatic rings. The highest BCUT2D eigenvalue weighted by Gasteiger charge is 2.20. The van der Waals surface area contributed by atoms with Crippen LogP contribution in [0.5, 0.6) is 0 Å². The highest BCUT2D eigenvalue weighted by atomic mass is 16.3. The number of aryl methyl sites for hydroxylation is 7. The molecule has 186 valence electrons. The van der Waals surface area contributed by atoms with Gasteiger partial charge in [0.1, 0.15) is 12.2 Å². The molecule has 2 atom stereocenters. The van der Waals surface area contributed by atoms with Gasteiger partial charge in [0.15, 0.2) is 0 Å². The van der Waals surface area contributed by atoms with E-state index in [2.05, 4.69) is 104 Å². The molecule has 0 aromatic heterocycles. The number of benzene rings is 4. The van der Waals surface area contributed by atoms with Crippen LogP contribution in [0.1, 0.15) is 79.0 Å². The molecular formula is C34H38O2. The number of aliphatic hydroxyl groups excluding tert-OH is 2. The van der Waals surface area contributed by atoms with Gasteiger partial charge in [0.25, 0.3) is 0 Å². The van der Waals surface area contributed by atoms with Gasteiger partial charge in [-0.3, -0.25) is 0 Å². The summed E-state index contributed by atoms with van der Waals surface area (Å²) in [5.74, 6) is 0. The Bertz CT molecular complexity index is 1440. The van der Waals surface area contributed by atoms with Crippen molar-refractivity contribution in [1.82, 2.24) is 0 Å². The van der Waals surface area contributed by atoms with Crippen LogP contribution in [0.25, 0.3) is 11.1 Å². The fourth-order valence-electron chi connectivity index (χ4n) is 5.21. The van der Waals surface area contributed by atoms with Crippen LogP contribution in [-0.4, -0.2) is 10.2 Å². The summed E-state index contributed by atoms with van der Waals surface area (Å²) in [6.07, 6.45) is -1.40. The van der Waals surface area contributed by atoms with Gasteiger partial charge < -0.3 is 10.2 Å². The normalized spacial score (nSPS) is 13.1. The van der Waals surface area contributed by atoms with E-state index < -0.39 is 12.2 Å². The Morgan fingerprint density at radius 2 is 1.11 bits per heavy atom. The Morgan fingerprint density at radius 1 is 0.444 bits per heavy atom. The Balaban J connectivity index is 1.83. The van der Waals surface area contributed by atoms with Crippen LogP contribution in [0, 0.1) is 55.4 Å². The van der Waals surface area contributed by atoms with E-state index in [1.807, 2.05) is 12.1 Å². The SMILES string of the molecule is Cc1ccc(C(O)c2cc(-c3cc(C(O)c4ccc(C)c(C)c4)cc(C)c3C)c(C)cc2C)c(C)c1. The molecule has 0 bridgehead atoms. The van der Waals surface area contributed by atoms with E-state index in [0.29, 0.717) is 0 Å². The Labute approximate surface area is 216 Å². The van der Waals surface area contributed by atoms with Gasteiger partial charge >= 0.3 is 0 Å². The predicted molar refractivity (Wildman–Crippen MR) is 151 cm³/mol. The lowest BCUT2D eigenvalue weighted by Gasteiger charge is -2.22. The molecule has 0 radical (unpaired) electrons. The Kier molecular flexibility index (Phi) is 7.22. The molecule has 2 unspecified atom stereocenters. The first-order chi connectivity index (χ1) is 17.0. The van der Waals surface area contributed by atoms with Gasteiger partial charge in [-0.25, -0.2) is 0 Å². The Hall–Kier alpha value is -3.20. The molecule has 4 aromatic carbocycles. The van der Waals surface area contributed by atoms with Gasteiger partial charge in [-0.15, -0.1) is 0 Å². The second kappa shape index (κ2) is 10.0. The van der Waals surface area contributed by atoms with E-state index >= 15 is 0 Å². The van der Waals surface area contributed by atoms with Crippen LogP contribution >= 0.6 is 0 Å². The van der Waals surface area contributed by atoms with Crippen LogP contribution in [0.15, 0.2) is 60.7 Å². The fourth-order valence-corrected chi connectivity index (χ4v) is 5.21. The highest BCUT2D eigenvalue weighted by Crippen LogP contribution is 2.37. The summed E-state index contributed by atoms with van der Waals surface area (Å²) in [6, 6.07) is 20.9. The van der Waals surface area contributed by atoms with E-state index in [-0.39, 0.29) is 0 Å². The molecule has 2 heteroatoms. The molecule has 4 rings (SSSR count). The van der Waals surface area contributed by atoms with Crippen molar-refractivity contribution in [2.24, 2.45) is 0 Å². The van der Waals surface area contributed by atoms with E-state index in [1.165, 1.54) is 22.3 Å². The molecule has 0 heterocycles. The summed E-state index contributed by atoms with van der Waals surface area (Å²) >= 11 is 0. The molecule has 2 nitrogen and oxygen atoms in total. The minimum absolute atomic E-state index is 0.698. The molecule has 36 heavy (non-hydrogen) atoms. The quantitative estimate of drug-likeness (QED) is 0.305. The van der Waals surface area contributed by atoms with E-state index in [0.717, 1.165) is 55.6 Å². The first-order valence-electron chi connectivity index (χ1n) is 12.7. The smallest absolute Gasteiger partial charge is 0.105 e. The zero-order valence-electron chi connectivity index (χ0n) is 22.8. The average molecular weight is 479 g/mol. The summed E-state index contributed by atoms with van der Waals surface area (Å²) in [4.78, 5) is 0. The summed E-state index contributed by atoms with van der Waals surface area (Å²) in [5, 5.41) is 22.7. The number of hydrogen-bond donors (Lipinski definition) is 2. The van der Waals surface area contributed by atoms with Crippen molar-refractivity contribution < 1.29 is 10.2 Å². The summed E-state index contributed by atoms with van der Waals surface area (Å²) in [5.41, 5.74) is 15.1. The topological polar surface area (TPSA) is 40.5 Å². The number of aliphatic hydroxyl groups is 2. The van der Waals surface area contributed by atoms with Crippen molar-refractivity contribution in [2.75, 3.05) is 0 Å². The monoisotopic (exact) mass is 478 g/mol. The second-order valence-corrected chi connectivity index (χ2v) is 10.5. The molecule has 0 saturated carbocycles. The standard InChI is InChI=1S/C34H38O2/c1-19-9-12-29(23(5)13-19)34(36)31-18-30(24(6)14-25(31)7)32-17-28(16-22(4)26(32)8)33(35)27-11-10-20(2)21(3)15-27/h9-18,33-36H,1-8H3. The van der Waals surface area contributed by atoms with Gasteiger partial charge in [-0.1, -0.05) is 54.1 Å². The molecule has 2 N–H and O–H groups in total. The highest BCUT2D eigenvalue weighted by molar-refractivity contribution is 5.74. The van der Waals surface area contributed by atoms with Crippen molar-refractivity contribution in [1.29, 1.82) is 0 Å². The van der Waals surface area contributed by atoms with Crippen LogP contribution in [-0.2, 0) is 0 Å². The lowest BCUT2D eigenvalue weighted by atomic mass is 9.85. The maximum atomic E-state index is 11.4. The molecular weight excluding hydrogens is 440 g/mol. The third-order valence-electron chi connectivity index (χ3n) is 7.77. The van der Waals surface area contributed by atoms with Crippen LogP contribution < -0.4 is 0 Å². The molecule has 0 spiro atoms. The lowest BCUT2D eigenvalue weighted by Crippen LogP contribution is -2.06.